The van der Waals surface area contributed by atoms with Crippen LogP contribution >= 0.6 is 11.3 Å². The first kappa shape index (κ1) is 10.1. The van der Waals surface area contributed by atoms with E-state index < -0.39 is 0 Å². The van der Waals surface area contributed by atoms with Crippen LogP contribution in [0.15, 0.2) is 11.6 Å². The fourth-order valence-electron chi connectivity index (χ4n) is 1.91. The number of nitrogens with one attached hydrogen (secondary N) is 1. The highest BCUT2D eigenvalue weighted by atomic mass is 32.1. The molecular formula is C10H16N2OS. The highest BCUT2D eigenvalue weighted by molar-refractivity contribution is 7.09. The zero-order valence-corrected chi connectivity index (χ0v) is 9.22. The van der Waals surface area contributed by atoms with Gasteiger partial charge in [0.2, 0.25) is 0 Å². The maximum absolute atomic E-state index is 5.33. The van der Waals surface area contributed by atoms with Gasteiger partial charge in [-0.1, -0.05) is 0 Å². The molecule has 0 bridgehead atoms. The van der Waals surface area contributed by atoms with Gasteiger partial charge in [-0.05, 0) is 19.3 Å². The van der Waals surface area contributed by atoms with Crippen LogP contribution in [0.2, 0.25) is 0 Å². The van der Waals surface area contributed by atoms with Crippen LogP contribution in [0.25, 0.3) is 0 Å². The van der Waals surface area contributed by atoms with E-state index >= 15 is 0 Å². The number of ether oxygens (including phenoxy) is 1. The van der Waals surface area contributed by atoms with E-state index in [1.165, 1.54) is 17.8 Å². The van der Waals surface area contributed by atoms with Gasteiger partial charge in [0.15, 0.2) is 0 Å². The van der Waals surface area contributed by atoms with Gasteiger partial charge >= 0.3 is 0 Å². The monoisotopic (exact) mass is 212 g/mol. The van der Waals surface area contributed by atoms with Gasteiger partial charge in [-0.3, -0.25) is 0 Å². The normalized spacial score (nSPS) is 26.9. The van der Waals surface area contributed by atoms with E-state index in [1.807, 2.05) is 11.6 Å². The van der Waals surface area contributed by atoms with E-state index in [4.69, 9.17) is 4.74 Å². The molecular weight excluding hydrogens is 196 g/mol. The molecule has 0 aliphatic heterocycles. The third-order valence-corrected chi connectivity index (χ3v) is 3.52. The number of thiazole rings is 1. The molecule has 0 spiro atoms. The Morgan fingerprint density at radius 3 is 3.21 bits per heavy atom. The number of hydrogen-bond donors (Lipinski definition) is 1. The molecule has 0 aromatic carbocycles. The predicted molar refractivity (Wildman–Crippen MR) is 57.4 cm³/mol. The molecule has 1 fully saturated rings. The Balaban J connectivity index is 1.72. The lowest BCUT2D eigenvalue weighted by atomic mass is 10.2. The summed E-state index contributed by atoms with van der Waals surface area (Å²) in [5, 5.41) is 6.71. The Morgan fingerprint density at radius 1 is 1.64 bits per heavy atom. The minimum absolute atomic E-state index is 0.462. The first-order chi connectivity index (χ1) is 6.88. The molecule has 2 unspecified atom stereocenters. The minimum Gasteiger partial charge on any atom is -0.381 e. The fourth-order valence-corrected chi connectivity index (χ4v) is 2.48. The molecule has 1 aromatic heterocycles. The van der Waals surface area contributed by atoms with Crippen molar-refractivity contribution < 1.29 is 4.74 Å². The summed E-state index contributed by atoms with van der Waals surface area (Å²) in [4.78, 5) is 4.24. The summed E-state index contributed by atoms with van der Waals surface area (Å²) in [7, 11) is 1.80. The molecule has 4 heteroatoms. The molecule has 0 saturated heterocycles. The Hall–Kier alpha value is -0.450. The van der Waals surface area contributed by atoms with Crippen LogP contribution < -0.4 is 5.32 Å². The van der Waals surface area contributed by atoms with Crippen molar-refractivity contribution in [3.63, 3.8) is 0 Å². The lowest BCUT2D eigenvalue weighted by Gasteiger charge is -2.11. The maximum Gasteiger partial charge on any atom is 0.106 e. The molecule has 2 atom stereocenters. The molecule has 0 amide bonds. The Bertz CT molecular complexity index is 263. The van der Waals surface area contributed by atoms with Crippen molar-refractivity contribution >= 4 is 11.3 Å². The van der Waals surface area contributed by atoms with Gasteiger partial charge in [-0.25, -0.2) is 4.98 Å². The Kier molecular flexibility index (Phi) is 3.50. The summed E-state index contributed by atoms with van der Waals surface area (Å²) in [5.41, 5.74) is 0. The quantitative estimate of drug-likeness (QED) is 0.826. The highest BCUT2D eigenvalue weighted by Gasteiger charge is 2.23. The zero-order valence-electron chi connectivity index (χ0n) is 8.40. The van der Waals surface area contributed by atoms with E-state index in [0.29, 0.717) is 12.1 Å². The molecule has 1 aliphatic rings. The van der Waals surface area contributed by atoms with Gasteiger partial charge in [0.1, 0.15) is 5.01 Å². The smallest absolute Gasteiger partial charge is 0.106 e. The summed E-state index contributed by atoms with van der Waals surface area (Å²) >= 11 is 1.71. The second kappa shape index (κ2) is 4.87. The van der Waals surface area contributed by atoms with Crippen LogP contribution in [0.5, 0.6) is 0 Å². The summed E-state index contributed by atoms with van der Waals surface area (Å²) < 4.78 is 5.33. The van der Waals surface area contributed by atoms with Gasteiger partial charge in [0.25, 0.3) is 0 Å². The van der Waals surface area contributed by atoms with Crippen molar-refractivity contribution in [3.8, 4) is 0 Å². The molecule has 3 nitrogen and oxygen atoms in total. The molecule has 1 heterocycles. The molecule has 78 valence electrons. The Morgan fingerprint density at radius 2 is 2.57 bits per heavy atom. The van der Waals surface area contributed by atoms with E-state index in [-0.39, 0.29) is 0 Å². The van der Waals surface area contributed by atoms with Crippen LogP contribution in [0.3, 0.4) is 0 Å². The number of aromatic nitrogens is 1. The van der Waals surface area contributed by atoms with Crippen molar-refractivity contribution in [1.82, 2.24) is 10.3 Å². The molecule has 14 heavy (non-hydrogen) atoms. The van der Waals surface area contributed by atoms with Gasteiger partial charge in [-0.15, -0.1) is 11.3 Å². The van der Waals surface area contributed by atoms with Crippen molar-refractivity contribution in [2.75, 3.05) is 7.11 Å². The lowest BCUT2D eigenvalue weighted by molar-refractivity contribution is 0.107. The van der Waals surface area contributed by atoms with Crippen LogP contribution in [0, 0.1) is 0 Å². The van der Waals surface area contributed by atoms with Crippen LogP contribution in [-0.2, 0) is 11.3 Å². The number of hydrogen-bond acceptors (Lipinski definition) is 4. The van der Waals surface area contributed by atoms with E-state index in [0.717, 1.165) is 13.0 Å². The highest BCUT2D eigenvalue weighted by Crippen LogP contribution is 2.21. The summed E-state index contributed by atoms with van der Waals surface area (Å²) in [6, 6.07) is 0.615. The average Bonchev–Trinajstić information content (AvgIpc) is 2.86. The standard InChI is InChI=1S/C10H16N2OS/c1-13-9-3-2-8(6-9)12-7-10-11-4-5-14-10/h4-5,8-9,12H,2-3,6-7H2,1H3. The summed E-state index contributed by atoms with van der Waals surface area (Å²) in [5.74, 6) is 0. The third kappa shape index (κ3) is 2.53. The van der Waals surface area contributed by atoms with Crippen molar-refractivity contribution in [1.29, 1.82) is 0 Å². The number of rotatable bonds is 4. The van der Waals surface area contributed by atoms with Crippen molar-refractivity contribution in [2.24, 2.45) is 0 Å². The minimum atomic E-state index is 0.462. The number of nitrogens with zero attached hydrogens (tertiary/aromatic N) is 1. The molecule has 0 radical (unpaired) electrons. The van der Waals surface area contributed by atoms with Crippen molar-refractivity contribution in [2.45, 2.75) is 38.0 Å². The van der Waals surface area contributed by atoms with Crippen LogP contribution in [0.4, 0.5) is 0 Å². The first-order valence-corrected chi connectivity index (χ1v) is 5.91. The summed E-state index contributed by atoms with van der Waals surface area (Å²) in [6.07, 6.45) is 5.87. The largest absolute Gasteiger partial charge is 0.381 e. The van der Waals surface area contributed by atoms with Gasteiger partial charge in [-0.2, -0.15) is 0 Å². The molecule has 1 N–H and O–H groups in total. The van der Waals surface area contributed by atoms with Crippen LogP contribution in [0.1, 0.15) is 24.3 Å². The van der Waals surface area contributed by atoms with Crippen molar-refractivity contribution in [3.05, 3.63) is 16.6 Å². The SMILES string of the molecule is COC1CCC(NCc2nccs2)C1. The molecule has 1 aliphatic carbocycles. The summed E-state index contributed by atoms with van der Waals surface area (Å²) in [6.45, 7) is 0.902. The van der Waals surface area contributed by atoms with Gasteiger partial charge in [0, 0.05) is 31.3 Å². The average molecular weight is 212 g/mol. The predicted octanol–water partition coefficient (Wildman–Crippen LogP) is 1.80. The van der Waals surface area contributed by atoms with E-state index in [2.05, 4.69) is 10.3 Å². The third-order valence-electron chi connectivity index (χ3n) is 2.74. The second-order valence-corrected chi connectivity index (χ2v) is 4.65. The zero-order chi connectivity index (χ0) is 9.80. The lowest BCUT2D eigenvalue weighted by Crippen LogP contribution is -2.26. The molecule has 2 rings (SSSR count). The van der Waals surface area contributed by atoms with Crippen LogP contribution in [-0.4, -0.2) is 24.2 Å². The van der Waals surface area contributed by atoms with Gasteiger partial charge < -0.3 is 10.1 Å². The first-order valence-electron chi connectivity index (χ1n) is 5.03. The molecule has 1 aromatic rings. The van der Waals surface area contributed by atoms with Gasteiger partial charge in [0.05, 0.1) is 6.10 Å². The maximum atomic E-state index is 5.33. The Labute approximate surface area is 88.5 Å². The topological polar surface area (TPSA) is 34.1 Å². The second-order valence-electron chi connectivity index (χ2n) is 3.67. The van der Waals surface area contributed by atoms with E-state index in [9.17, 15) is 0 Å². The fraction of sp³-hybridized carbons (Fsp3) is 0.700. The molecule has 1 saturated carbocycles. The number of methoxy groups -OCH3 is 1. The van der Waals surface area contributed by atoms with E-state index in [1.54, 1.807) is 18.4 Å².